The first-order valence-corrected chi connectivity index (χ1v) is 9.39. The van der Waals surface area contributed by atoms with Gasteiger partial charge in [-0.3, -0.25) is 0 Å². The lowest BCUT2D eigenvalue weighted by Gasteiger charge is -2.03. The Balaban J connectivity index is 1.84. The molecule has 0 saturated carbocycles. The first kappa shape index (κ1) is 18.7. The molecule has 0 radical (unpaired) electrons. The summed E-state index contributed by atoms with van der Waals surface area (Å²) in [6.07, 6.45) is 4.08. The molecule has 4 heteroatoms. The van der Waals surface area contributed by atoms with Gasteiger partial charge in [0.25, 0.3) is 0 Å². The van der Waals surface area contributed by atoms with E-state index in [0.717, 1.165) is 45.3 Å². The van der Waals surface area contributed by atoms with E-state index in [9.17, 15) is 0 Å². The summed E-state index contributed by atoms with van der Waals surface area (Å²) in [5, 5.41) is 0. The molecule has 0 unspecified atom stereocenters. The molecule has 0 spiro atoms. The third-order valence-corrected chi connectivity index (χ3v) is 4.85. The van der Waals surface area contributed by atoms with Gasteiger partial charge >= 0.3 is 11.5 Å². The smallest absolute Gasteiger partial charge is 0.361 e. The molecule has 0 saturated heterocycles. The molecular formula is C25H23NO3+2. The van der Waals surface area contributed by atoms with Crippen LogP contribution in [0.15, 0.2) is 89.6 Å². The molecule has 0 aliphatic heterocycles. The second kappa shape index (κ2) is 8.15. The normalized spacial score (nSPS) is 10.6. The highest BCUT2D eigenvalue weighted by molar-refractivity contribution is 5.74. The molecule has 2 aromatic carbocycles. The maximum absolute atomic E-state index is 6.30. The van der Waals surface area contributed by atoms with Gasteiger partial charge in [0.2, 0.25) is 0 Å². The van der Waals surface area contributed by atoms with Crippen molar-refractivity contribution in [1.82, 2.24) is 0 Å². The summed E-state index contributed by atoms with van der Waals surface area (Å²) in [5.41, 5.74) is 4.20. The van der Waals surface area contributed by atoms with Crippen LogP contribution in [-0.4, -0.2) is 14.2 Å². The van der Waals surface area contributed by atoms with Crippen LogP contribution in [0.1, 0.15) is 0 Å². The molecule has 4 nitrogen and oxygen atoms in total. The maximum atomic E-state index is 6.30. The number of benzene rings is 2. The van der Waals surface area contributed by atoms with Crippen LogP contribution < -0.4 is 14.0 Å². The van der Waals surface area contributed by atoms with E-state index in [4.69, 9.17) is 13.9 Å². The van der Waals surface area contributed by atoms with Gasteiger partial charge in [0, 0.05) is 17.7 Å². The van der Waals surface area contributed by atoms with E-state index < -0.39 is 0 Å². The summed E-state index contributed by atoms with van der Waals surface area (Å²) in [7, 11) is 5.34. The van der Waals surface area contributed by atoms with Gasteiger partial charge in [-0.2, -0.15) is 0 Å². The van der Waals surface area contributed by atoms with Crippen molar-refractivity contribution in [2.75, 3.05) is 14.2 Å². The van der Waals surface area contributed by atoms with Crippen molar-refractivity contribution >= 4 is 0 Å². The zero-order valence-electron chi connectivity index (χ0n) is 16.8. The molecule has 4 rings (SSSR count). The SMILES string of the molecule is COc1ccc(-c2cc(-c3cc[n+](C)cc3)cc(-c3ccc(OC)cc3)[o+]2)cc1. The average Bonchev–Trinajstić information content (AvgIpc) is 2.79. The molecule has 0 bridgehead atoms. The lowest BCUT2D eigenvalue weighted by atomic mass is 10.0. The van der Waals surface area contributed by atoms with E-state index in [2.05, 4.69) is 24.3 Å². The van der Waals surface area contributed by atoms with Crippen LogP contribution in [0.4, 0.5) is 0 Å². The molecule has 2 heterocycles. The molecule has 29 heavy (non-hydrogen) atoms. The predicted octanol–water partition coefficient (Wildman–Crippen LogP) is 5.40. The molecule has 0 N–H and O–H groups in total. The van der Waals surface area contributed by atoms with Crippen LogP contribution in [0, 0.1) is 0 Å². The zero-order valence-corrected chi connectivity index (χ0v) is 16.8. The topological polar surface area (TPSA) is 33.6 Å². The quantitative estimate of drug-likeness (QED) is 0.341. The first-order valence-electron chi connectivity index (χ1n) is 9.39. The molecule has 4 aromatic rings. The minimum atomic E-state index is 0.796. The van der Waals surface area contributed by atoms with Crippen LogP contribution in [-0.2, 0) is 7.05 Å². The van der Waals surface area contributed by atoms with Crippen LogP contribution in [0.25, 0.3) is 33.8 Å². The lowest BCUT2D eigenvalue weighted by molar-refractivity contribution is -0.671. The van der Waals surface area contributed by atoms with Crippen molar-refractivity contribution in [3.8, 4) is 45.3 Å². The minimum Gasteiger partial charge on any atom is -0.497 e. The summed E-state index contributed by atoms with van der Waals surface area (Å²) in [4.78, 5) is 0. The van der Waals surface area contributed by atoms with Gasteiger partial charge in [-0.25, -0.2) is 8.98 Å². The monoisotopic (exact) mass is 385 g/mol. The molecule has 0 aliphatic rings. The van der Waals surface area contributed by atoms with Crippen LogP contribution in [0.2, 0.25) is 0 Å². The van der Waals surface area contributed by atoms with Crippen LogP contribution >= 0.6 is 0 Å². The zero-order chi connectivity index (χ0) is 20.2. The van der Waals surface area contributed by atoms with Gasteiger partial charge in [0.1, 0.15) is 18.5 Å². The number of ether oxygens (including phenoxy) is 2. The number of rotatable bonds is 5. The largest absolute Gasteiger partial charge is 0.497 e. The van der Waals surface area contributed by atoms with Gasteiger partial charge in [-0.1, -0.05) is 0 Å². The van der Waals surface area contributed by atoms with E-state index in [1.807, 2.05) is 72.5 Å². The Morgan fingerprint density at radius 3 is 1.45 bits per heavy atom. The Morgan fingerprint density at radius 1 is 0.586 bits per heavy atom. The number of aromatic nitrogens is 1. The molecule has 0 atom stereocenters. The van der Waals surface area contributed by atoms with Crippen molar-refractivity contribution in [1.29, 1.82) is 0 Å². The standard InChI is InChI=1S/C25H23NO3/c1-26-14-12-18(13-15-26)21-16-24(19-4-8-22(27-2)9-5-19)29-25(17-21)20-6-10-23(28-3)11-7-20/h4-17H,1-3H3/q+2. The molecule has 0 amide bonds. The number of nitrogens with zero attached hydrogens (tertiary/aromatic N) is 1. The summed E-state index contributed by atoms with van der Waals surface area (Å²) < 4.78 is 18.9. The third-order valence-electron chi connectivity index (χ3n) is 4.85. The van der Waals surface area contributed by atoms with Crippen molar-refractivity contribution in [3.05, 3.63) is 85.2 Å². The number of hydrogen-bond acceptors (Lipinski definition) is 2. The number of aryl methyl sites for hydroxylation is 1. The van der Waals surface area contributed by atoms with Crippen LogP contribution in [0.3, 0.4) is 0 Å². The third kappa shape index (κ3) is 4.11. The van der Waals surface area contributed by atoms with Gasteiger partial charge in [0.15, 0.2) is 12.4 Å². The number of hydrogen-bond donors (Lipinski definition) is 0. The Labute approximate surface area is 170 Å². The fourth-order valence-corrected chi connectivity index (χ4v) is 3.16. The van der Waals surface area contributed by atoms with E-state index in [1.165, 1.54) is 0 Å². The number of methoxy groups -OCH3 is 2. The molecule has 0 aliphatic carbocycles. The van der Waals surface area contributed by atoms with Gasteiger partial charge in [-0.15, -0.1) is 0 Å². The van der Waals surface area contributed by atoms with E-state index in [-0.39, 0.29) is 0 Å². The first-order chi connectivity index (χ1) is 14.2. The van der Waals surface area contributed by atoms with E-state index in [1.54, 1.807) is 14.2 Å². The van der Waals surface area contributed by atoms with Crippen molar-refractivity contribution in [3.63, 3.8) is 0 Å². The van der Waals surface area contributed by atoms with Crippen LogP contribution in [0.5, 0.6) is 11.5 Å². The van der Waals surface area contributed by atoms with E-state index in [0.29, 0.717) is 0 Å². The predicted molar refractivity (Wildman–Crippen MR) is 114 cm³/mol. The Hall–Kier alpha value is -3.66. The van der Waals surface area contributed by atoms with E-state index >= 15 is 0 Å². The van der Waals surface area contributed by atoms with Gasteiger partial charge < -0.3 is 9.47 Å². The Bertz CT molecular complexity index is 1040. The highest BCUT2D eigenvalue weighted by atomic mass is 16.5. The average molecular weight is 385 g/mol. The van der Waals surface area contributed by atoms with Crippen molar-refractivity contribution in [2.45, 2.75) is 0 Å². The second-order valence-electron chi connectivity index (χ2n) is 6.78. The van der Waals surface area contributed by atoms with Gasteiger partial charge in [-0.05, 0) is 54.1 Å². The van der Waals surface area contributed by atoms with Crippen molar-refractivity contribution in [2.24, 2.45) is 7.05 Å². The second-order valence-corrected chi connectivity index (χ2v) is 6.78. The Morgan fingerprint density at radius 2 is 1.03 bits per heavy atom. The summed E-state index contributed by atoms with van der Waals surface area (Å²) in [6, 6.07) is 24.1. The fraction of sp³-hybridized carbons (Fsp3) is 0.120. The molecule has 0 fully saturated rings. The molecular weight excluding hydrogens is 362 g/mol. The summed E-state index contributed by atoms with van der Waals surface area (Å²) >= 11 is 0. The lowest BCUT2D eigenvalue weighted by Crippen LogP contribution is -2.25. The van der Waals surface area contributed by atoms with Gasteiger partial charge in [0.05, 0.1) is 37.5 Å². The molecule has 2 aromatic heterocycles. The maximum Gasteiger partial charge on any atom is 0.361 e. The highest BCUT2D eigenvalue weighted by Crippen LogP contribution is 2.33. The summed E-state index contributed by atoms with van der Waals surface area (Å²) in [6.45, 7) is 0. The highest BCUT2D eigenvalue weighted by Gasteiger charge is 2.21. The molecule has 144 valence electrons. The minimum absolute atomic E-state index is 0.796. The number of pyridine rings is 1. The Kier molecular flexibility index (Phi) is 5.25. The fourth-order valence-electron chi connectivity index (χ4n) is 3.16. The summed E-state index contributed by atoms with van der Waals surface area (Å²) in [5.74, 6) is 3.22. The van der Waals surface area contributed by atoms with Crippen molar-refractivity contribution < 1.29 is 18.5 Å².